The molecule has 1 aliphatic heterocycles. The second-order valence-electron chi connectivity index (χ2n) is 4.83. The lowest BCUT2D eigenvalue weighted by Gasteiger charge is -2.35. The van der Waals surface area contributed by atoms with Gasteiger partial charge in [-0.2, -0.15) is 0 Å². The molecule has 16 heavy (non-hydrogen) atoms. The van der Waals surface area contributed by atoms with Gasteiger partial charge in [-0.15, -0.1) is 0 Å². The zero-order valence-corrected chi connectivity index (χ0v) is 13.2. The standard InChI is InChI=1S/C12H28N2OSi/c1-3-5-12(4-2,15-16)6-9-14-10-7-13-8-11-14/h13H,3-11H2,1-2,16H3. The van der Waals surface area contributed by atoms with Crippen LogP contribution in [0.4, 0.5) is 0 Å². The summed E-state index contributed by atoms with van der Waals surface area (Å²) in [7, 11) is 0.867. The topological polar surface area (TPSA) is 24.5 Å². The highest BCUT2D eigenvalue weighted by molar-refractivity contribution is 5.98. The van der Waals surface area contributed by atoms with Crippen LogP contribution in [0.1, 0.15) is 39.5 Å². The van der Waals surface area contributed by atoms with Gasteiger partial charge in [-0.25, -0.2) is 0 Å². The smallest absolute Gasteiger partial charge is 0.146 e. The molecule has 1 N–H and O–H groups in total. The summed E-state index contributed by atoms with van der Waals surface area (Å²) in [6, 6.07) is 0. The summed E-state index contributed by atoms with van der Waals surface area (Å²) in [5.74, 6) is 0. The number of hydrogen-bond acceptors (Lipinski definition) is 3. The molecular weight excluding hydrogens is 216 g/mol. The van der Waals surface area contributed by atoms with Crippen molar-refractivity contribution < 1.29 is 4.43 Å². The van der Waals surface area contributed by atoms with Crippen LogP contribution in [-0.2, 0) is 4.43 Å². The zero-order valence-electron chi connectivity index (χ0n) is 11.2. The molecule has 0 amide bonds. The Morgan fingerprint density at radius 3 is 2.44 bits per heavy atom. The molecule has 0 saturated carbocycles. The molecule has 0 bridgehead atoms. The Morgan fingerprint density at radius 2 is 1.94 bits per heavy atom. The fourth-order valence-electron chi connectivity index (χ4n) is 2.58. The Morgan fingerprint density at radius 1 is 1.25 bits per heavy atom. The molecule has 0 spiro atoms. The van der Waals surface area contributed by atoms with Crippen molar-refractivity contribution in [2.24, 2.45) is 0 Å². The maximum Gasteiger partial charge on any atom is 0.146 e. The molecule has 0 aromatic carbocycles. The molecule has 4 heteroatoms. The summed E-state index contributed by atoms with van der Waals surface area (Å²) < 4.78 is 5.92. The highest BCUT2D eigenvalue weighted by Crippen LogP contribution is 2.25. The largest absolute Gasteiger partial charge is 0.422 e. The van der Waals surface area contributed by atoms with Crippen LogP contribution in [0.5, 0.6) is 0 Å². The lowest BCUT2D eigenvalue weighted by atomic mass is 9.91. The Bertz CT molecular complexity index is 180. The molecule has 1 aliphatic rings. The van der Waals surface area contributed by atoms with Crippen molar-refractivity contribution in [1.82, 2.24) is 10.2 Å². The van der Waals surface area contributed by atoms with E-state index in [1.807, 2.05) is 0 Å². The van der Waals surface area contributed by atoms with Gasteiger partial charge in [0.2, 0.25) is 0 Å². The third-order valence-electron chi connectivity index (χ3n) is 3.88. The van der Waals surface area contributed by atoms with Gasteiger partial charge < -0.3 is 14.6 Å². The van der Waals surface area contributed by atoms with Gasteiger partial charge in [0.05, 0.1) is 5.60 Å². The first-order valence-electron chi connectivity index (χ1n) is 6.74. The van der Waals surface area contributed by atoms with Crippen molar-refractivity contribution in [3.63, 3.8) is 0 Å². The van der Waals surface area contributed by atoms with Gasteiger partial charge in [-0.05, 0) is 19.3 Å². The fraction of sp³-hybridized carbons (Fsp3) is 1.00. The van der Waals surface area contributed by atoms with E-state index < -0.39 is 0 Å². The lowest BCUT2D eigenvalue weighted by molar-refractivity contribution is 0.0415. The van der Waals surface area contributed by atoms with Crippen LogP contribution in [0.25, 0.3) is 0 Å². The summed E-state index contributed by atoms with van der Waals surface area (Å²) in [6.07, 6.45) is 4.83. The van der Waals surface area contributed by atoms with Gasteiger partial charge in [0.25, 0.3) is 0 Å². The van der Waals surface area contributed by atoms with Crippen LogP contribution in [0.15, 0.2) is 0 Å². The minimum atomic E-state index is 0.186. The first kappa shape index (κ1) is 14.2. The van der Waals surface area contributed by atoms with Crippen molar-refractivity contribution in [1.29, 1.82) is 0 Å². The summed E-state index contributed by atoms with van der Waals surface area (Å²) >= 11 is 0. The van der Waals surface area contributed by atoms with E-state index in [2.05, 4.69) is 24.1 Å². The number of hydrogen-bond donors (Lipinski definition) is 1. The van der Waals surface area contributed by atoms with E-state index in [9.17, 15) is 0 Å². The number of rotatable bonds is 7. The van der Waals surface area contributed by atoms with Gasteiger partial charge in [0.1, 0.15) is 10.5 Å². The minimum Gasteiger partial charge on any atom is -0.422 e. The predicted octanol–water partition coefficient (Wildman–Crippen LogP) is 0.528. The van der Waals surface area contributed by atoms with E-state index >= 15 is 0 Å². The molecule has 0 aliphatic carbocycles. The van der Waals surface area contributed by atoms with Gasteiger partial charge in [-0.1, -0.05) is 20.3 Å². The van der Waals surface area contributed by atoms with Crippen LogP contribution in [0.2, 0.25) is 0 Å². The first-order chi connectivity index (χ1) is 7.76. The molecule has 96 valence electrons. The zero-order chi connectivity index (χ0) is 11.9. The molecule has 1 heterocycles. The molecule has 1 saturated heterocycles. The molecule has 1 rings (SSSR count). The monoisotopic (exact) mass is 244 g/mol. The van der Waals surface area contributed by atoms with Crippen LogP contribution < -0.4 is 5.32 Å². The highest BCUT2D eigenvalue weighted by Gasteiger charge is 2.26. The van der Waals surface area contributed by atoms with E-state index in [1.54, 1.807) is 0 Å². The van der Waals surface area contributed by atoms with Gasteiger partial charge in [0, 0.05) is 32.7 Å². The number of piperazine rings is 1. The summed E-state index contributed by atoms with van der Waals surface area (Å²) in [5.41, 5.74) is 0.186. The second-order valence-corrected chi connectivity index (χ2v) is 5.24. The van der Waals surface area contributed by atoms with Gasteiger partial charge >= 0.3 is 0 Å². The Balaban J connectivity index is 2.35. The van der Waals surface area contributed by atoms with E-state index in [0.29, 0.717) is 0 Å². The van der Waals surface area contributed by atoms with Gasteiger partial charge in [0.15, 0.2) is 0 Å². The van der Waals surface area contributed by atoms with Crippen molar-refractivity contribution in [3.8, 4) is 0 Å². The van der Waals surface area contributed by atoms with Crippen LogP contribution in [0, 0.1) is 0 Å². The predicted molar refractivity (Wildman–Crippen MR) is 72.9 cm³/mol. The first-order valence-corrected chi connectivity index (χ1v) is 7.56. The van der Waals surface area contributed by atoms with Crippen LogP contribution >= 0.6 is 0 Å². The maximum absolute atomic E-state index is 5.92. The van der Waals surface area contributed by atoms with Crippen molar-refractivity contribution >= 4 is 10.5 Å². The maximum atomic E-state index is 5.92. The Labute approximate surface area is 103 Å². The van der Waals surface area contributed by atoms with Crippen molar-refractivity contribution in [2.45, 2.75) is 45.1 Å². The number of nitrogens with one attached hydrogen (secondary N) is 1. The number of nitrogens with zero attached hydrogens (tertiary/aromatic N) is 1. The molecular formula is C12H28N2OSi. The molecule has 1 atom stereocenters. The molecule has 0 aromatic rings. The highest BCUT2D eigenvalue weighted by atomic mass is 28.2. The van der Waals surface area contributed by atoms with E-state index in [-0.39, 0.29) is 5.60 Å². The average molecular weight is 244 g/mol. The van der Waals surface area contributed by atoms with Crippen LogP contribution in [0.3, 0.4) is 0 Å². The molecule has 0 aromatic heterocycles. The normalized spacial score (nSPS) is 22.1. The third kappa shape index (κ3) is 4.16. The summed E-state index contributed by atoms with van der Waals surface area (Å²) in [6.45, 7) is 10.4. The quantitative estimate of drug-likeness (QED) is 0.661. The van der Waals surface area contributed by atoms with E-state index in [1.165, 1.54) is 38.9 Å². The second kappa shape index (κ2) is 7.43. The molecule has 3 nitrogen and oxygen atoms in total. The Kier molecular flexibility index (Phi) is 6.57. The van der Waals surface area contributed by atoms with Crippen molar-refractivity contribution in [2.75, 3.05) is 32.7 Å². The Hall–Kier alpha value is 0.0969. The van der Waals surface area contributed by atoms with E-state index in [4.69, 9.17) is 4.43 Å². The molecule has 1 unspecified atom stereocenters. The van der Waals surface area contributed by atoms with E-state index in [0.717, 1.165) is 30.0 Å². The van der Waals surface area contributed by atoms with Crippen molar-refractivity contribution in [3.05, 3.63) is 0 Å². The fourth-order valence-corrected chi connectivity index (χ4v) is 3.28. The summed E-state index contributed by atoms with van der Waals surface area (Å²) in [5, 5.41) is 3.40. The average Bonchev–Trinajstić information content (AvgIpc) is 2.36. The van der Waals surface area contributed by atoms with Crippen LogP contribution in [-0.4, -0.2) is 53.7 Å². The molecule has 0 radical (unpaired) electrons. The van der Waals surface area contributed by atoms with Gasteiger partial charge in [-0.3, -0.25) is 0 Å². The molecule has 1 fully saturated rings. The lowest BCUT2D eigenvalue weighted by Crippen LogP contribution is -2.46. The summed E-state index contributed by atoms with van der Waals surface area (Å²) in [4.78, 5) is 2.57. The SMILES string of the molecule is CCCC(CC)(CCN1CCNCC1)O[SiH3]. The minimum absolute atomic E-state index is 0.186. The third-order valence-corrected chi connectivity index (χ3v) is 4.74.